The van der Waals surface area contributed by atoms with Crippen molar-refractivity contribution < 1.29 is 4.74 Å². The third-order valence-electron chi connectivity index (χ3n) is 3.59. The van der Waals surface area contributed by atoms with Gasteiger partial charge >= 0.3 is 0 Å². The van der Waals surface area contributed by atoms with Gasteiger partial charge in [0.05, 0.1) is 6.10 Å². The van der Waals surface area contributed by atoms with E-state index in [0.717, 1.165) is 17.7 Å². The van der Waals surface area contributed by atoms with Gasteiger partial charge in [-0.3, -0.25) is 5.32 Å². The molecule has 1 heterocycles. The van der Waals surface area contributed by atoms with Crippen molar-refractivity contribution in [1.29, 1.82) is 0 Å². The van der Waals surface area contributed by atoms with E-state index in [2.05, 4.69) is 5.32 Å². The van der Waals surface area contributed by atoms with Gasteiger partial charge in [0.15, 0.2) is 5.72 Å². The molecule has 4 heteroatoms. The first-order valence-electron chi connectivity index (χ1n) is 6.66. The maximum absolute atomic E-state index is 6.21. The third-order valence-corrected chi connectivity index (χ3v) is 3.83. The summed E-state index contributed by atoms with van der Waals surface area (Å²) in [6.45, 7) is 2.80. The molecule has 0 bridgehead atoms. The fraction of sp³-hybridized carbons (Fsp3) is 0.250. The molecule has 2 aromatic rings. The average molecular weight is 289 g/mol. The zero-order valence-electron chi connectivity index (χ0n) is 11.3. The molecule has 3 rings (SSSR count). The van der Waals surface area contributed by atoms with Gasteiger partial charge in [0, 0.05) is 28.4 Å². The lowest BCUT2D eigenvalue weighted by Gasteiger charge is -2.31. The molecule has 3 N–H and O–H groups in total. The van der Waals surface area contributed by atoms with Crippen LogP contribution in [-0.4, -0.2) is 12.6 Å². The highest BCUT2D eigenvalue weighted by atomic mass is 35.5. The fourth-order valence-electron chi connectivity index (χ4n) is 2.66. The molecule has 2 unspecified atom stereocenters. The Morgan fingerprint density at radius 2 is 2.00 bits per heavy atom. The molecular formula is C16H17ClN2O. The number of nitrogen functional groups attached to an aromatic ring is 1. The number of hydrogen-bond donors (Lipinski definition) is 2. The Morgan fingerprint density at radius 3 is 2.65 bits per heavy atom. The topological polar surface area (TPSA) is 47.3 Å². The molecule has 104 valence electrons. The average Bonchev–Trinajstić information content (AvgIpc) is 2.86. The number of halogens is 1. The second-order valence-electron chi connectivity index (χ2n) is 5.09. The van der Waals surface area contributed by atoms with Crippen LogP contribution < -0.4 is 11.1 Å². The number of nitrogens with one attached hydrogen (secondary N) is 1. The zero-order valence-corrected chi connectivity index (χ0v) is 12.0. The summed E-state index contributed by atoms with van der Waals surface area (Å²) < 4.78 is 6.21. The summed E-state index contributed by atoms with van der Waals surface area (Å²) in [5, 5.41) is 4.11. The molecule has 1 saturated heterocycles. The lowest BCUT2D eigenvalue weighted by molar-refractivity contribution is -0.0164. The molecule has 1 aliphatic heterocycles. The highest BCUT2D eigenvalue weighted by Gasteiger charge is 2.42. The van der Waals surface area contributed by atoms with E-state index in [1.165, 1.54) is 0 Å². The summed E-state index contributed by atoms with van der Waals surface area (Å²) in [6, 6.07) is 15.5. The van der Waals surface area contributed by atoms with Gasteiger partial charge in [-0.25, -0.2) is 0 Å². The van der Waals surface area contributed by atoms with Crippen LogP contribution in [0.15, 0.2) is 48.5 Å². The van der Waals surface area contributed by atoms with Gasteiger partial charge in [-0.15, -0.1) is 0 Å². The van der Waals surface area contributed by atoms with Gasteiger partial charge in [-0.1, -0.05) is 41.9 Å². The van der Waals surface area contributed by atoms with Crippen LogP contribution in [0.1, 0.15) is 18.1 Å². The molecule has 2 atom stereocenters. The maximum Gasteiger partial charge on any atom is 0.174 e. The normalized spacial score (nSPS) is 25.8. The molecule has 0 spiro atoms. The maximum atomic E-state index is 6.21. The van der Waals surface area contributed by atoms with E-state index in [1.807, 2.05) is 49.4 Å². The number of ether oxygens (including phenoxy) is 1. The van der Waals surface area contributed by atoms with E-state index in [1.54, 1.807) is 6.07 Å². The molecule has 0 aromatic heterocycles. The molecule has 1 fully saturated rings. The van der Waals surface area contributed by atoms with Crippen molar-refractivity contribution in [2.75, 3.05) is 12.3 Å². The van der Waals surface area contributed by atoms with Crippen LogP contribution in [0.25, 0.3) is 0 Å². The highest BCUT2D eigenvalue weighted by Crippen LogP contribution is 2.39. The first-order valence-corrected chi connectivity index (χ1v) is 7.03. The van der Waals surface area contributed by atoms with E-state index in [4.69, 9.17) is 22.1 Å². The van der Waals surface area contributed by atoms with Gasteiger partial charge < -0.3 is 10.5 Å². The molecule has 20 heavy (non-hydrogen) atoms. The first kappa shape index (κ1) is 13.4. The second kappa shape index (κ2) is 5.09. The standard InChI is InChI=1S/C16H17ClN2O/c1-11-10-19-16(20-11,12-5-3-2-4-6-12)14-9-13(17)7-8-15(14)18/h2-9,11,19H,10,18H2,1H3. The molecule has 1 aliphatic rings. The van der Waals surface area contributed by atoms with Gasteiger partial charge in [0.2, 0.25) is 0 Å². The Bertz CT molecular complexity index is 617. The molecule has 0 saturated carbocycles. The number of anilines is 1. The molecule has 2 aromatic carbocycles. The first-order chi connectivity index (χ1) is 9.62. The Kier molecular flexibility index (Phi) is 3.42. The third kappa shape index (κ3) is 2.18. The van der Waals surface area contributed by atoms with Crippen molar-refractivity contribution in [3.8, 4) is 0 Å². The van der Waals surface area contributed by atoms with Crippen LogP contribution in [-0.2, 0) is 10.5 Å². The molecule has 3 nitrogen and oxygen atoms in total. The monoisotopic (exact) mass is 288 g/mol. The highest BCUT2D eigenvalue weighted by molar-refractivity contribution is 6.30. The van der Waals surface area contributed by atoms with Crippen LogP contribution in [0.4, 0.5) is 5.69 Å². The quantitative estimate of drug-likeness (QED) is 0.835. The Hall–Kier alpha value is -1.55. The van der Waals surface area contributed by atoms with Crippen LogP contribution >= 0.6 is 11.6 Å². The predicted octanol–water partition coefficient (Wildman–Crippen LogP) is 3.13. The van der Waals surface area contributed by atoms with Crippen LogP contribution in [0.2, 0.25) is 5.02 Å². The van der Waals surface area contributed by atoms with Crippen molar-refractivity contribution in [1.82, 2.24) is 5.32 Å². The summed E-state index contributed by atoms with van der Waals surface area (Å²) >= 11 is 6.14. The Balaban J connectivity index is 2.19. The molecule has 0 aliphatic carbocycles. The summed E-state index contributed by atoms with van der Waals surface area (Å²) in [6.07, 6.45) is 0.105. The van der Waals surface area contributed by atoms with Crippen molar-refractivity contribution in [2.45, 2.75) is 18.8 Å². The summed E-state index contributed by atoms with van der Waals surface area (Å²) in [5.74, 6) is 0. The SMILES string of the molecule is CC1CNC(c2ccccc2)(c2cc(Cl)ccc2N)O1. The van der Waals surface area contributed by atoms with E-state index in [-0.39, 0.29) is 6.10 Å². The van der Waals surface area contributed by atoms with Crippen LogP contribution in [0, 0.1) is 0 Å². The number of rotatable bonds is 2. The van der Waals surface area contributed by atoms with Crippen molar-refractivity contribution in [3.63, 3.8) is 0 Å². The minimum atomic E-state index is -0.727. The zero-order chi connectivity index (χ0) is 14.2. The molecule has 0 amide bonds. The van der Waals surface area contributed by atoms with Gasteiger partial charge in [0.25, 0.3) is 0 Å². The van der Waals surface area contributed by atoms with Crippen molar-refractivity contribution in [2.24, 2.45) is 0 Å². The number of nitrogens with two attached hydrogens (primary N) is 1. The number of hydrogen-bond acceptors (Lipinski definition) is 3. The van der Waals surface area contributed by atoms with Crippen LogP contribution in [0.3, 0.4) is 0 Å². The fourth-order valence-corrected chi connectivity index (χ4v) is 2.84. The minimum Gasteiger partial charge on any atom is -0.398 e. The second-order valence-corrected chi connectivity index (χ2v) is 5.52. The Morgan fingerprint density at radius 1 is 1.25 bits per heavy atom. The molecule has 0 radical (unpaired) electrons. The van der Waals surface area contributed by atoms with Crippen LogP contribution in [0.5, 0.6) is 0 Å². The van der Waals surface area contributed by atoms with Crippen molar-refractivity contribution in [3.05, 3.63) is 64.7 Å². The van der Waals surface area contributed by atoms with E-state index >= 15 is 0 Å². The van der Waals surface area contributed by atoms with Gasteiger partial charge in [-0.2, -0.15) is 0 Å². The largest absolute Gasteiger partial charge is 0.398 e. The van der Waals surface area contributed by atoms with E-state index < -0.39 is 5.72 Å². The Labute approximate surface area is 123 Å². The molecular weight excluding hydrogens is 272 g/mol. The lowest BCUT2D eigenvalue weighted by atomic mass is 9.93. The number of benzene rings is 2. The summed E-state index contributed by atoms with van der Waals surface area (Å²) in [5.41, 5.74) is 7.99. The van der Waals surface area contributed by atoms with E-state index in [9.17, 15) is 0 Å². The van der Waals surface area contributed by atoms with Crippen molar-refractivity contribution >= 4 is 17.3 Å². The lowest BCUT2D eigenvalue weighted by Crippen LogP contribution is -2.40. The summed E-state index contributed by atoms with van der Waals surface area (Å²) in [4.78, 5) is 0. The van der Waals surface area contributed by atoms with Gasteiger partial charge in [-0.05, 0) is 25.1 Å². The summed E-state index contributed by atoms with van der Waals surface area (Å²) in [7, 11) is 0. The van der Waals surface area contributed by atoms with Gasteiger partial charge in [0.1, 0.15) is 0 Å². The minimum absolute atomic E-state index is 0.105. The smallest absolute Gasteiger partial charge is 0.174 e. The van der Waals surface area contributed by atoms with E-state index in [0.29, 0.717) is 10.7 Å². The predicted molar refractivity (Wildman–Crippen MR) is 81.6 cm³/mol.